The molecule has 1 unspecified atom stereocenters. The molecule has 0 aliphatic heterocycles. The van der Waals surface area contributed by atoms with Crippen molar-refractivity contribution in [1.29, 1.82) is 5.26 Å². The highest BCUT2D eigenvalue weighted by molar-refractivity contribution is 4.93. The number of nitriles is 1. The summed E-state index contributed by atoms with van der Waals surface area (Å²) in [7, 11) is 0. The smallest absolute Gasteiger partial charge is 0.0655 e. The molecule has 15 heavy (non-hydrogen) atoms. The van der Waals surface area contributed by atoms with Gasteiger partial charge in [-0.3, -0.25) is 0 Å². The van der Waals surface area contributed by atoms with E-state index in [9.17, 15) is 0 Å². The van der Waals surface area contributed by atoms with E-state index in [1.807, 2.05) is 0 Å². The Labute approximate surface area is 93.9 Å². The Hall–Kier alpha value is -0.510. The van der Waals surface area contributed by atoms with Gasteiger partial charge in [-0.25, -0.2) is 0 Å². The standard InChI is InChI=1S/C14H23N/c1-2-3-11-4-6-14-9-12(10-15)5-7-13(14)8-11/h11-14H,2-9H2,1H3/t11-,12+,13+,14?/m0/s1. The summed E-state index contributed by atoms with van der Waals surface area (Å²) in [6.07, 6.45) is 10.8. The number of hydrogen-bond acceptors (Lipinski definition) is 1. The van der Waals surface area contributed by atoms with Crippen LogP contribution in [0.3, 0.4) is 0 Å². The molecule has 1 heteroatoms. The molecule has 2 rings (SSSR count). The van der Waals surface area contributed by atoms with Crippen molar-refractivity contribution in [3.05, 3.63) is 0 Å². The number of fused-ring (bicyclic) bond motifs is 1. The molecule has 0 N–H and O–H groups in total. The maximum absolute atomic E-state index is 8.97. The lowest BCUT2D eigenvalue weighted by atomic mass is 9.64. The monoisotopic (exact) mass is 205 g/mol. The number of rotatable bonds is 2. The first kappa shape index (κ1) is 11.0. The predicted octanol–water partition coefficient (Wildman–Crippen LogP) is 4.14. The third kappa shape index (κ3) is 2.54. The quantitative estimate of drug-likeness (QED) is 0.664. The van der Waals surface area contributed by atoms with Gasteiger partial charge in [-0.1, -0.05) is 26.2 Å². The van der Waals surface area contributed by atoms with Crippen molar-refractivity contribution in [2.45, 2.75) is 58.3 Å². The Balaban J connectivity index is 1.87. The van der Waals surface area contributed by atoms with Gasteiger partial charge in [0.1, 0.15) is 0 Å². The van der Waals surface area contributed by atoms with Crippen molar-refractivity contribution in [1.82, 2.24) is 0 Å². The summed E-state index contributed by atoms with van der Waals surface area (Å²) in [4.78, 5) is 0. The van der Waals surface area contributed by atoms with E-state index in [1.165, 1.54) is 51.4 Å². The molecular weight excluding hydrogens is 182 g/mol. The zero-order valence-electron chi connectivity index (χ0n) is 9.91. The second-order valence-electron chi connectivity index (χ2n) is 5.63. The van der Waals surface area contributed by atoms with Crippen molar-refractivity contribution < 1.29 is 0 Å². The Bertz CT molecular complexity index is 240. The first-order chi connectivity index (χ1) is 7.33. The van der Waals surface area contributed by atoms with Crippen LogP contribution in [0.2, 0.25) is 0 Å². The SMILES string of the molecule is CCC[C@H]1CCC2C[C@H](C#N)CC[C@@H]2C1. The predicted molar refractivity (Wildman–Crippen MR) is 62.2 cm³/mol. The van der Waals surface area contributed by atoms with Gasteiger partial charge in [-0.2, -0.15) is 5.26 Å². The van der Waals surface area contributed by atoms with Crippen molar-refractivity contribution in [2.75, 3.05) is 0 Å². The minimum Gasteiger partial charge on any atom is -0.198 e. The first-order valence-corrected chi connectivity index (χ1v) is 6.73. The Kier molecular flexibility index (Phi) is 3.67. The van der Waals surface area contributed by atoms with E-state index in [0.29, 0.717) is 5.92 Å². The third-order valence-corrected chi connectivity index (χ3v) is 4.60. The molecule has 0 amide bonds. The normalized spacial score (nSPS) is 40.5. The largest absolute Gasteiger partial charge is 0.198 e. The van der Waals surface area contributed by atoms with Crippen molar-refractivity contribution >= 4 is 0 Å². The second-order valence-corrected chi connectivity index (χ2v) is 5.63. The molecule has 0 radical (unpaired) electrons. The van der Waals surface area contributed by atoms with E-state index in [1.54, 1.807) is 0 Å². The van der Waals surface area contributed by atoms with Gasteiger partial charge in [-0.15, -0.1) is 0 Å². The van der Waals surface area contributed by atoms with E-state index in [4.69, 9.17) is 5.26 Å². The molecule has 1 nitrogen and oxygen atoms in total. The van der Waals surface area contributed by atoms with Crippen LogP contribution in [0.15, 0.2) is 0 Å². The molecule has 0 aromatic heterocycles. The fourth-order valence-corrected chi connectivity index (χ4v) is 3.77. The van der Waals surface area contributed by atoms with Gasteiger partial charge < -0.3 is 0 Å². The molecule has 2 aliphatic carbocycles. The molecule has 2 fully saturated rings. The van der Waals surface area contributed by atoms with E-state index in [0.717, 1.165) is 17.8 Å². The average Bonchev–Trinajstić information content (AvgIpc) is 2.29. The zero-order chi connectivity index (χ0) is 10.7. The lowest BCUT2D eigenvalue weighted by molar-refractivity contribution is 0.109. The van der Waals surface area contributed by atoms with Crippen LogP contribution < -0.4 is 0 Å². The summed E-state index contributed by atoms with van der Waals surface area (Å²) in [5.41, 5.74) is 0. The van der Waals surface area contributed by atoms with Crippen LogP contribution in [-0.2, 0) is 0 Å². The average molecular weight is 205 g/mol. The van der Waals surface area contributed by atoms with E-state index in [2.05, 4.69) is 13.0 Å². The van der Waals surface area contributed by atoms with Crippen molar-refractivity contribution in [3.8, 4) is 6.07 Å². The number of nitrogens with zero attached hydrogens (tertiary/aromatic N) is 1. The highest BCUT2D eigenvalue weighted by Crippen LogP contribution is 2.45. The van der Waals surface area contributed by atoms with Gasteiger partial charge in [0.05, 0.1) is 6.07 Å². The van der Waals surface area contributed by atoms with Crippen LogP contribution in [0, 0.1) is 35.0 Å². The summed E-state index contributed by atoms with van der Waals surface area (Å²) < 4.78 is 0. The van der Waals surface area contributed by atoms with E-state index < -0.39 is 0 Å². The molecular formula is C14H23N. The summed E-state index contributed by atoms with van der Waals surface area (Å²) in [6, 6.07) is 2.47. The maximum Gasteiger partial charge on any atom is 0.0655 e. The van der Waals surface area contributed by atoms with Gasteiger partial charge in [0.25, 0.3) is 0 Å². The zero-order valence-corrected chi connectivity index (χ0v) is 9.91. The van der Waals surface area contributed by atoms with Crippen LogP contribution >= 0.6 is 0 Å². The summed E-state index contributed by atoms with van der Waals surface area (Å²) >= 11 is 0. The van der Waals surface area contributed by atoms with Crippen LogP contribution in [0.1, 0.15) is 58.3 Å². The van der Waals surface area contributed by atoms with Gasteiger partial charge in [0.15, 0.2) is 0 Å². The van der Waals surface area contributed by atoms with Gasteiger partial charge in [0.2, 0.25) is 0 Å². The summed E-state index contributed by atoms with van der Waals surface area (Å²) in [6.45, 7) is 2.30. The number of hydrogen-bond donors (Lipinski definition) is 0. The third-order valence-electron chi connectivity index (χ3n) is 4.60. The summed E-state index contributed by atoms with van der Waals surface area (Å²) in [5.74, 6) is 3.26. The molecule has 0 bridgehead atoms. The second kappa shape index (κ2) is 5.01. The van der Waals surface area contributed by atoms with E-state index >= 15 is 0 Å². The lowest BCUT2D eigenvalue weighted by Gasteiger charge is -2.40. The van der Waals surface area contributed by atoms with Crippen molar-refractivity contribution in [3.63, 3.8) is 0 Å². The molecule has 0 aromatic carbocycles. The van der Waals surface area contributed by atoms with Crippen molar-refractivity contribution in [2.24, 2.45) is 23.7 Å². The van der Waals surface area contributed by atoms with E-state index in [-0.39, 0.29) is 0 Å². The Morgan fingerprint density at radius 1 is 1.07 bits per heavy atom. The van der Waals surface area contributed by atoms with Crippen LogP contribution in [0.25, 0.3) is 0 Å². The lowest BCUT2D eigenvalue weighted by Crippen LogP contribution is -2.30. The maximum atomic E-state index is 8.97. The molecule has 2 aliphatic rings. The van der Waals surface area contributed by atoms with Crippen LogP contribution in [-0.4, -0.2) is 0 Å². The Morgan fingerprint density at radius 3 is 2.53 bits per heavy atom. The highest BCUT2D eigenvalue weighted by atomic mass is 14.4. The minimum absolute atomic E-state index is 0.383. The molecule has 0 spiro atoms. The minimum atomic E-state index is 0.383. The van der Waals surface area contributed by atoms with Crippen LogP contribution in [0.4, 0.5) is 0 Å². The first-order valence-electron chi connectivity index (χ1n) is 6.73. The molecule has 0 heterocycles. The molecule has 0 saturated heterocycles. The van der Waals surface area contributed by atoms with Gasteiger partial charge in [0, 0.05) is 5.92 Å². The highest BCUT2D eigenvalue weighted by Gasteiger charge is 2.35. The fourth-order valence-electron chi connectivity index (χ4n) is 3.77. The fraction of sp³-hybridized carbons (Fsp3) is 0.929. The summed E-state index contributed by atoms with van der Waals surface area (Å²) in [5, 5.41) is 8.97. The van der Waals surface area contributed by atoms with Gasteiger partial charge >= 0.3 is 0 Å². The Morgan fingerprint density at radius 2 is 1.80 bits per heavy atom. The molecule has 4 atom stereocenters. The molecule has 84 valence electrons. The topological polar surface area (TPSA) is 23.8 Å². The molecule has 0 aromatic rings. The van der Waals surface area contributed by atoms with Gasteiger partial charge in [-0.05, 0) is 49.9 Å². The molecule has 2 saturated carbocycles. The van der Waals surface area contributed by atoms with Crippen LogP contribution in [0.5, 0.6) is 0 Å².